The largest absolute Gasteiger partial charge is 0.352 e. The molecule has 0 aliphatic heterocycles. The highest BCUT2D eigenvalue weighted by Crippen LogP contribution is 2.23. The van der Waals surface area contributed by atoms with Crippen molar-refractivity contribution in [2.24, 2.45) is 5.14 Å². The molecule has 0 saturated carbocycles. The Bertz CT molecular complexity index is 620. The van der Waals surface area contributed by atoms with Gasteiger partial charge in [-0.2, -0.15) is 0 Å². The summed E-state index contributed by atoms with van der Waals surface area (Å²) in [5.41, 5.74) is 0.0379. The molecule has 1 amide bonds. The molecule has 5 nitrogen and oxygen atoms in total. The Kier molecular flexibility index (Phi) is 6.76. The smallest absolute Gasteiger partial charge is 0.252 e. The van der Waals surface area contributed by atoms with Crippen LogP contribution in [-0.2, 0) is 10.0 Å². The number of unbranched alkanes of at least 4 members (excludes halogenated alkanes) is 3. The summed E-state index contributed by atoms with van der Waals surface area (Å²) in [4.78, 5) is 11.3. The van der Waals surface area contributed by atoms with Crippen molar-refractivity contribution >= 4 is 31.9 Å². The third-order valence-corrected chi connectivity index (χ3v) is 4.47. The zero-order chi connectivity index (χ0) is 16.0. The highest BCUT2D eigenvalue weighted by molar-refractivity contribution is 9.10. The molecule has 1 aromatic rings. The summed E-state index contributed by atoms with van der Waals surface area (Å²) in [6.45, 7) is 2.57. The number of nitrogens with one attached hydrogen (secondary N) is 1. The van der Waals surface area contributed by atoms with E-state index in [1.165, 1.54) is 0 Å². The van der Waals surface area contributed by atoms with Crippen LogP contribution in [0.25, 0.3) is 0 Å². The van der Waals surface area contributed by atoms with Crippen LogP contribution in [0.1, 0.15) is 43.0 Å². The van der Waals surface area contributed by atoms with E-state index in [4.69, 9.17) is 5.14 Å². The number of hydrogen-bond acceptors (Lipinski definition) is 3. The van der Waals surface area contributed by atoms with Crippen LogP contribution >= 0.6 is 15.9 Å². The van der Waals surface area contributed by atoms with E-state index >= 15 is 0 Å². The van der Waals surface area contributed by atoms with Gasteiger partial charge in [0.1, 0.15) is 10.7 Å². The van der Waals surface area contributed by atoms with Gasteiger partial charge in [0.2, 0.25) is 10.0 Å². The van der Waals surface area contributed by atoms with E-state index in [9.17, 15) is 17.6 Å². The van der Waals surface area contributed by atoms with Crippen LogP contribution in [0, 0.1) is 5.82 Å². The number of benzene rings is 1. The maximum absolute atomic E-state index is 13.6. The summed E-state index contributed by atoms with van der Waals surface area (Å²) in [7, 11) is -4.21. The minimum Gasteiger partial charge on any atom is -0.352 e. The molecule has 0 bridgehead atoms. The lowest BCUT2D eigenvalue weighted by atomic mass is 10.2. The second-order valence-electron chi connectivity index (χ2n) is 4.62. The number of primary sulfonamides is 1. The Balaban J connectivity index is 2.85. The van der Waals surface area contributed by atoms with E-state index in [-0.39, 0.29) is 10.0 Å². The molecule has 0 radical (unpaired) electrons. The molecule has 1 rings (SSSR count). The van der Waals surface area contributed by atoms with E-state index in [0.29, 0.717) is 6.54 Å². The van der Waals surface area contributed by atoms with Gasteiger partial charge in [0, 0.05) is 11.0 Å². The summed E-state index contributed by atoms with van der Waals surface area (Å²) in [5.74, 6) is -1.47. The lowest BCUT2D eigenvalue weighted by molar-refractivity contribution is 0.0952. The highest BCUT2D eigenvalue weighted by atomic mass is 79.9. The molecule has 0 unspecified atom stereocenters. The third kappa shape index (κ3) is 5.37. The van der Waals surface area contributed by atoms with Crippen LogP contribution in [0.15, 0.2) is 21.5 Å². The van der Waals surface area contributed by atoms with E-state index in [1.807, 2.05) is 0 Å². The monoisotopic (exact) mass is 380 g/mol. The fourth-order valence-corrected chi connectivity index (χ4v) is 2.88. The predicted molar refractivity (Wildman–Crippen MR) is 81.9 cm³/mol. The second-order valence-corrected chi connectivity index (χ2v) is 7.01. The fourth-order valence-electron chi connectivity index (χ4n) is 1.77. The van der Waals surface area contributed by atoms with Gasteiger partial charge in [0.15, 0.2) is 0 Å². The number of carbonyl (C=O) groups excluding carboxylic acids is 1. The molecule has 0 aliphatic carbocycles. The van der Waals surface area contributed by atoms with Gasteiger partial charge in [-0.15, -0.1) is 0 Å². The van der Waals surface area contributed by atoms with E-state index in [2.05, 4.69) is 28.2 Å². The van der Waals surface area contributed by atoms with Crippen LogP contribution in [0.3, 0.4) is 0 Å². The number of hydrogen-bond donors (Lipinski definition) is 2. The molecule has 8 heteroatoms. The lowest BCUT2D eigenvalue weighted by Gasteiger charge is -2.09. The average Bonchev–Trinajstić information content (AvgIpc) is 2.36. The number of halogens is 2. The molecule has 0 aromatic heterocycles. The van der Waals surface area contributed by atoms with Crippen molar-refractivity contribution in [1.29, 1.82) is 0 Å². The standard InChI is InChI=1S/C13H18BrFN2O3S/c1-2-3-4-5-6-17-13(18)9-7-12(21(16,19)20)11(15)8-10(9)14/h7-8H,2-6H2,1H3,(H,17,18)(H2,16,19,20). The molecule has 1 aromatic carbocycles. The molecule has 118 valence electrons. The van der Waals surface area contributed by atoms with Gasteiger partial charge in [-0.3, -0.25) is 4.79 Å². The molecule has 0 aliphatic rings. The van der Waals surface area contributed by atoms with Crippen molar-refractivity contribution in [3.63, 3.8) is 0 Å². The van der Waals surface area contributed by atoms with Crippen molar-refractivity contribution in [2.75, 3.05) is 6.54 Å². The Morgan fingerprint density at radius 2 is 2.00 bits per heavy atom. The molecular formula is C13H18BrFN2O3S. The van der Waals surface area contributed by atoms with Crippen molar-refractivity contribution < 1.29 is 17.6 Å². The Morgan fingerprint density at radius 1 is 1.33 bits per heavy atom. The van der Waals surface area contributed by atoms with Crippen LogP contribution < -0.4 is 10.5 Å². The van der Waals surface area contributed by atoms with Crippen molar-refractivity contribution in [2.45, 2.75) is 37.5 Å². The van der Waals surface area contributed by atoms with E-state index < -0.39 is 26.6 Å². The van der Waals surface area contributed by atoms with Crippen molar-refractivity contribution in [3.05, 3.63) is 28.0 Å². The first kappa shape index (κ1) is 18.1. The summed E-state index contributed by atoms with van der Waals surface area (Å²) in [5, 5.41) is 7.59. The normalized spacial score (nSPS) is 11.4. The maximum atomic E-state index is 13.6. The molecule has 3 N–H and O–H groups in total. The zero-order valence-corrected chi connectivity index (χ0v) is 14.1. The van der Waals surface area contributed by atoms with E-state index in [0.717, 1.165) is 37.8 Å². The van der Waals surface area contributed by atoms with Crippen molar-refractivity contribution in [1.82, 2.24) is 5.32 Å². The van der Waals surface area contributed by atoms with Crippen LogP contribution in [-0.4, -0.2) is 20.9 Å². The molecule has 0 fully saturated rings. The maximum Gasteiger partial charge on any atom is 0.252 e. The van der Waals surface area contributed by atoms with Gasteiger partial charge >= 0.3 is 0 Å². The number of nitrogens with two attached hydrogens (primary N) is 1. The number of rotatable bonds is 7. The molecular weight excluding hydrogens is 363 g/mol. The molecule has 0 heterocycles. The Labute approximate surface area is 132 Å². The van der Waals surface area contributed by atoms with Crippen molar-refractivity contribution in [3.8, 4) is 0 Å². The van der Waals surface area contributed by atoms with Crippen LogP contribution in [0.2, 0.25) is 0 Å². The minimum absolute atomic E-state index is 0.0379. The number of amides is 1. The minimum atomic E-state index is -4.21. The summed E-state index contributed by atoms with van der Waals surface area (Å²) < 4.78 is 36.3. The number of carbonyl (C=O) groups is 1. The first-order chi connectivity index (χ1) is 9.77. The van der Waals surface area contributed by atoms with Gasteiger partial charge in [0.05, 0.1) is 5.56 Å². The SMILES string of the molecule is CCCCCCNC(=O)c1cc(S(N)(=O)=O)c(F)cc1Br. The van der Waals surface area contributed by atoms with Gasteiger partial charge in [-0.25, -0.2) is 17.9 Å². The highest BCUT2D eigenvalue weighted by Gasteiger charge is 2.20. The zero-order valence-electron chi connectivity index (χ0n) is 11.7. The van der Waals surface area contributed by atoms with Gasteiger partial charge in [-0.05, 0) is 34.5 Å². The number of sulfonamides is 1. The molecule has 0 saturated heterocycles. The first-order valence-corrected chi connectivity index (χ1v) is 8.91. The summed E-state index contributed by atoms with van der Waals surface area (Å²) in [6.07, 6.45) is 4.02. The quantitative estimate of drug-likeness (QED) is 0.712. The van der Waals surface area contributed by atoms with Gasteiger partial charge < -0.3 is 5.32 Å². The van der Waals surface area contributed by atoms with Crippen LogP contribution in [0.4, 0.5) is 4.39 Å². The van der Waals surface area contributed by atoms with Gasteiger partial charge in [-0.1, -0.05) is 26.2 Å². The topological polar surface area (TPSA) is 89.3 Å². The average molecular weight is 381 g/mol. The molecule has 21 heavy (non-hydrogen) atoms. The summed E-state index contributed by atoms with van der Waals surface area (Å²) >= 11 is 3.05. The van der Waals surface area contributed by atoms with Gasteiger partial charge in [0.25, 0.3) is 5.91 Å². The van der Waals surface area contributed by atoms with E-state index in [1.54, 1.807) is 0 Å². The molecule has 0 atom stereocenters. The predicted octanol–water partition coefficient (Wildman–Crippen LogP) is 2.55. The fraction of sp³-hybridized carbons (Fsp3) is 0.462. The second kappa shape index (κ2) is 7.86. The Morgan fingerprint density at radius 3 is 2.57 bits per heavy atom. The molecule has 0 spiro atoms. The third-order valence-electron chi connectivity index (χ3n) is 2.89. The lowest BCUT2D eigenvalue weighted by Crippen LogP contribution is -2.25. The first-order valence-electron chi connectivity index (χ1n) is 6.57. The Hall–Kier alpha value is -0.990. The summed E-state index contributed by atoms with van der Waals surface area (Å²) in [6, 6.07) is 1.86. The van der Waals surface area contributed by atoms with Crippen LogP contribution in [0.5, 0.6) is 0 Å².